The maximum atomic E-state index is 14.2. The molecule has 0 radical (unpaired) electrons. The highest BCUT2D eigenvalue weighted by Gasteiger charge is 2.48. The summed E-state index contributed by atoms with van der Waals surface area (Å²) in [7, 11) is 3.33. The number of hydrogen-bond acceptors (Lipinski definition) is 3. The highest BCUT2D eigenvalue weighted by Crippen LogP contribution is 2.46. The van der Waals surface area contributed by atoms with Gasteiger partial charge in [0.15, 0.2) is 11.6 Å². The molecule has 1 N–H and O–H groups in total. The lowest BCUT2D eigenvalue weighted by Crippen LogP contribution is -2.48. The largest absolute Gasteiger partial charge is 0.494 e. The van der Waals surface area contributed by atoms with Gasteiger partial charge in [-0.3, -0.25) is 0 Å². The van der Waals surface area contributed by atoms with Crippen molar-refractivity contribution in [2.24, 2.45) is 0 Å². The molecule has 1 aromatic carbocycles. The molecule has 110 valence electrons. The predicted molar refractivity (Wildman–Crippen MR) is 70.6 cm³/mol. The van der Waals surface area contributed by atoms with Crippen LogP contribution in [0.2, 0.25) is 0 Å². The third kappa shape index (κ3) is 1.91. The molecule has 0 aliphatic carbocycles. The number of ether oxygens (including phenoxy) is 1. The third-order valence-electron chi connectivity index (χ3n) is 4.90. The van der Waals surface area contributed by atoms with Crippen molar-refractivity contribution in [3.8, 4) is 5.75 Å². The summed E-state index contributed by atoms with van der Waals surface area (Å²) in [4.78, 5) is 2.24. The Morgan fingerprint density at radius 2 is 1.80 bits per heavy atom. The lowest BCUT2D eigenvalue weighted by molar-refractivity contribution is -0.0519. The minimum absolute atomic E-state index is 0.0563. The number of hydrogen-bond donors (Lipinski definition) is 1. The van der Waals surface area contributed by atoms with Crippen LogP contribution in [0.25, 0.3) is 0 Å². The van der Waals surface area contributed by atoms with E-state index in [4.69, 9.17) is 4.74 Å². The van der Waals surface area contributed by atoms with Crippen molar-refractivity contribution in [2.75, 3.05) is 14.2 Å². The van der Waals surface area contributed by atoms with Crippen molar-refractivity contribution in [3.63, 3.8) is 0 Å². The maximum absolute atomic E-state index is 14.2. The van der Waals surface area contributed by atoms with E-state index in [1.165, 1.54) is 19.2 Å². The molecule has 2 unspecified atom stereocenters. The summed E-state index contributed by atoms with van der Waals surface area (Å²) in [6.07, 6.45) is 2.90. The first-order valence-electron chi connectivity index (χ1n) is 6.93. The molecule has 0 saturated carbocycles. The van der Waals surface area contributed by atoms with Crippen LogP contribution in [0.4, 0.5) is 8.78 Å². The van der Waals surface area contributed by atoms with Gasteiger partial charge >= 0.3 is 0 Å². The van der Waals surface area contributed by atoms with Crippen LogP contribution in [0, 0.1) is 11.6 Å². The average molecular weight is 283 g/mol. The summed E-state index contributed by atoms with van der Waals surface area (Å²) in [5.41, 5.74) is -1.23. The summed E-state index contributed by atoms with van der Waals surface area (Å²) < 4.78 is 32.8. The molecule has 2 bridgehead atoms. The number of nitrogens with zero attached hydrogens (tertiary/aromatic N) is 1. The highest BCUT2D eigenvalue weighted by atomic mass is 19.2. The van der Waals surface area contributed by atoms with Crippen LogP contribution in [0.3, 0.4) is 0 Å². The van der Waals surface area contributed by atoms with Crippen molar-refractivity contribution < 1.29 is 18.6 Å². The number of benzene rings is 1. The van der Waals surface area contributed by atoms with Gasteiger partial charge in [-0.15, -0.1) is 0 Å². The smallest absolute Gasteiger partial charge is 0.200 e. The van der Waals surface area contributed by atoms with Crippen molar-refractivity contribution in [2.45, 2.75) is 43.4 Å². The van der Waals surface area contributed by atoms with Gasteiger partial charge in [0.1, 0.15) is 0 Å². The molecule has 1 aromatic rings. The van der Waals surface area contributed by atoms with E-state index in [1.807, 2.05) is 7.05 Å². The number of methoxy groups -OCH3 is 1. The number of halogens is 2. The highest BCUT2D eigenvalue weighted by molar-refractivity contribution is 5.35. The Balaban J connectivity index is 1.99. The Bertz CT molecular complexity index is 521. The van der Waals surface area contributed by atoms with Crippen LogP contribution >= 0.6 is 0 Å². The lowest BCUT2D eigenvalue weighted by atomic mass is 9.80. The minimum atomic E-state index is -1.28. The van der Waals surface area contributed by atoms with Crippen molar-refractivity contribution >= 4 is 0 Å². The number of piperidine rings is 1. The van der Waals surface area contributed by atoms with Gasteiger partial charge < -0.3 is 14.7 Å². The molecule has 3 rings (SSSR count). The monoisotopic (exact) mass is 283 g/mol. The molecule has 0 aromatic heterocycles. The van der Waals surface area contributed by atoms with Gasteiger partial charge in [0.05, 0.1) is 12.7 Å². The standard InChI is InChI=1S/C15H19F2NO2/c1-18-9-3-4-10(18)8-15(19,7-9)11-5-6-12(20-2)14(17)13(11)16/h5-6,9-10,19H,3-4,7-8H2,1-2H3. The van der Waals surface area contributed by atoms with E-state index in [0.29, 0.717) is 12.8 Å². The molecular weight excluding hydrogens is 264 g/mol. The first-order chi connectivity index (χ1) is 9.46. The van der Waals surface area contributed by atoms with Gasteiger partial charge in [0.25, 0.3) is 0 Å². The van der Waals surface area contributed by atoms with Crippen LogP contribution in [0.1, 0.15) is 31.2 Å². The molecule has 20 heavy (non-hydrogen) atoms. The molecule has 2 saturated heterocycles. The van der Waals surface area contributed by atoms with Gasteiger partial charge in [0.2, 0.25) is 5.82 Å². The summed E-state index contributed by atoms with van der Waals surface area (Å²) in [5, 5.41) is 10.8. The first kappa shape index (κ1) is 13.8. The van der Waals surface area contributed by atoms with Crippen LogP contribution in [-0.2, 0) is 5.60 Å². The van der Waals surface area contributed by atoms with Gasteiger partial charge in [-0.2, -0.15) is 4.39 Å². The zero-order valence-corrected chi connectivity index (χ0v) is 11.7. The first-order valence-corrected chi connectivity index (χ1v) is 6.93. The quantitative estimate of drug-likeness (QED) is 0.905. The van der Waals surface area contributed by atoms with Gasteiger partial charge in [0, 0.05) is 17.6 Å². The zero-order chi connectivity index (χ0) is 14.5. The average Bonchev–Trinajstić information content (AvgIpc) is 2.64. The van der Waals surface area contributed by atoms with Gasteiger partial charge in [-0.05, 0) is 44.9 Å². The fourth-order valence-corrected chi connectivity index (χ4v) is 3.71. The molecule has 2 atom stereocenters. The van der Waals surface area contributed by atoms with Crippen LogP contribution < -0.4 is 4.74 Å². The lowest BCUT2D eigenvalue weighted by Gasteiger charge is -2.42. The molecule has 2 aliphatic rings. The van der Waals surface area contributed by atoms with E-state index < -0.39 is 17.2 Å². The van der Waals surface area contributed by atoms with Gasteiger partial charge in [-0.25, -0.2) is 4.39 Å². The molecule has 3 nitrogen and oxygen atoms in total. The van der Waals surface area contributed by atoms with Gasteiger partial charge in [-0.1, -0.05) is 0 Å². The normalized spacial score (nSPS) is 33.5. The van der Waals surface area contributed by atoms with Crippen LogP contribution in [0.5, 0.6) is 5.75 Å². The summed E-state index contributed by atoms with van der Waals surface area (Å²) in [6.45, 7) is 0. The molecule has 5 heteroatoms. The summed E-state index contributed by atoms with van der Waals surface area (Å²) in [5.74, 6) is -2.15. The third-order valence-corrected chi connectivity index (χ3v) is 4.90. The second-order valence-electron chi connectivity index (χ2n) is 5.93. The Kier molecular flexibility index (Phi) is 3.21. The minimum Gasteiger partial charge on any atom is -0.494 e. The SMILES string of the molecule is COc1ccc(C2(O)CC3CCC(C2)N3C)c(F)c1F. The van der Waals surface area contributed by atoms with E-state index >= 15 is 0 Å². The van der Waals surface area contributed by atoms with E-state index in [-0.39, 0.29) is 23.4 Å². The Morgan fingerprint density at radius 3 is 2.35 bits per heavy atom. The number of fused-ring (bicyclic) bond motifs is 2. The Hall–Kier alpha value is -1.20. The predicted octanol–water partition coefficient (Wildman–Crippen LogP) is 2.42. The second-order valence-corrected chi connectivity index (χ2v) is 5.93. The van der Waals surface area contributed by atoms with E-state index in [9.17, 15) is 13.9 Å². The van der Waals surface area contributed by atoms with Crippen molar-refractivity contribution in [1.82, 2.24) is 4.90 Å². The second kappa shape index (κ2) is 4.67. The topological polar surface area (TPSA) is 32.7 Å². The Labute approximate surface area is 117 Å². The maximum Gasteiger partial charge on any atom is 0.200 e. The van der Waals surface area contributed by atoms with E-state index in [1.54, 1.807) is 0 Å². The number of aliphatic hydroxyl groups is 1. The van der Waals surface area contributed by atoms with Crippen molar-refractivity contribution in [1.29, 1.82) is 0 Å². The van der Waals surface area contributed by atoms with E-state index in [0.717, 1.165) is 12.8 Å². The zero-order valence-electron chi connectivity index (χ0n) is 11.7. The molecule has 0 spiro atoms. The molecule has 0 amide bonds. The number of rotatable bonds is 2. The molecule has 2 aliphatic heterocycles. The molecular formula is C15H19F2NO2. The van der Waals surface area contributed by atoms with Crippen molar-refractivity contribution in [3.05, 3.63) is 29.3 Å². The fraction of sp³-hybridized carbons (Fsp3) is 0.600. The van der Waals surface area contributed by atoms with E-state index in [2.05, 4.69) is 4.90 Å². The molecule has 2 heterocycles. The fourth-order valence-electron chi connectivity index (χ4n) is 3.71. The van der Waals surface area contributed by atoms with Crippen LogP contribution in [0.15, 0.2) is 12.1 Å². The summed E-state index contributed by atoms with van der Waals surface area (Å²) >= 11 is 0. The van der Waals surface area contributed by atoms with Crippen LogP contribution in [-0.4, -0.2) is 36.2 Å². The molecule has 2 fully saturated rings. The summed E-state index contributed by atoms with van der Waals surface area (Å²) in [6, 6.07) is 3.31. The Morgan fingerprint density at radius 1 is 1.20 bits per heavy atom.